The molecule has 0 saturated carbocycles. The van der Waals surface area contributed by atoms with E-state index in [1.165, 1.54) is 22.3 Å². The number of ether oxygens (including phenoxy) is 1. The molecule has 0 bridgehead atoms. The van der Waals surface area contributed by atoms with Crippen molar-refractivity contribution in [1.29, 1.82) is 0 Å². The second-order valence-electron chi connectivity index (χ2n) is 8.66. The highest BCUT2D eigenvalue weighted by Crippen LogP contribution is 2.36. The predicted octanol–water partition coefficient (Wildman–Crippen LogP) is 4.02. The molecule has 0 N–H and O–H groups in total. The van der Waals surface area contributed by atoms with E-state index in [9.17, 15) is 9.59 Å². The summed E-state index contributed by atoms with van der Waals surface area (Å²) in [4.78, 5) is 28.8. The quantitative estimate of drug-likeness (QED) is 0.788. The van der Waals surface area contributed by atoms with Gasteiger partial charge >= 0.3 is 6.09 Å². The van der Waals surface area contributed by atoms with E-state index in [1.54, 1.807) is 0 Å². The maximum atomic E-state index is 12.5. The summed E-state index contributed by atoms with van der Waals surface area (Å²) in [5.74, 6) is 0.233. The molecule has 0 atom stereocenters. The Bertz CT molecular complexity index is 749. The van der Waals surface area contributed by atoms with Gasteiger partial charge in [0.25, 0.3) is 0 Å². The Morgan fingerprint density at radius 1 is 1.11 bits per heavy atom. The first-order valence-corrected chi connectivity index (χ1v) is 10.1. The van der Waals surface area contributed by atoms with E-state index in [0.717, 1.165) is 37.9 Å². The highest BCUT2D eigenvalue weighted by atomic mass is 16.6. The van der Waals surface area contributed by atoms with Gasteiger partial charge in [-0.05, 0) is 75.6 Å². The van der Waals surface area contributed by atoms with Gasteiger partial charge in [-0.15, -0.1) is 0 Å². The first-order valence-electron chi connectivity index (χ1n) is 10.1. The second-order valence-corrected chi connectivity index (χ2v) is 8.66. The van der Waals surface area contributed by atoms with E-state index >= 15 is 0 Å². The summed E-state index contributed by atoms with van der Waals surface area (Å²) < 4.78 is 5.56. The van der Waals surface area contributed by atoms with Gasteiger partial charge in [-0.3, -0.25) is 4.79 Å². The number of carbonyl (C=O) groups is 2. The monoisotopic (exact) mass is 372 g/mol. The third-order valence-electron chi connectivity index (χ3n) is 5.41. The van der Waals surface area contributed by atoms with Gasteiger partial charge in [0.1, 0.15) is 5.60 Å². The van der Waals surface area contributed by atoms with Crippen LogP contribution in [0.2, 0.25) is 0 Å². The van der Waals surface area contributed by atoms with E-state index in [4.69, 9.17) is 4.74 Å². The molecular weight excluding hydrogens is 340 g/mol. The zero-order valence-corrected chi connectivity index (χ0v) is 17.4. The molecule has 0 saturated heterocycles. The molecular formula is C22H32N2O3. The van der Waals surface area contributed by atoms with Gasteiger partial charge in [0.15, 0.2) is 0 Å². The Kier molecular flexibility index (Phi) is 5.50. The van der Waals surface area contributed by atoms with Crippen molar-refractivity contribution in [3.8, 4) is 0 Å². The molecule has 148 valence electrons. The van der Waals surface area contributed by atoms with Crippen molar-refractivity contribution >= 4 is 17.7 Å². The van der Waals surface area contributed by atoms with Crippen LogP contribution in [0.5, 0.6) is 0 Å². The van der Waals surface area contributed by atoms with Crippen LogP contribution in [0.15, 0.2) is 6.07 Å². The first-order chi connectivity index (χ1) is 12.7. The Hall–Kier alpha value is -2.04. The smallest absolute Gasteiger partial charge is 0.410 e. The SMILES string of the molecule is CCCN1C(=O)CCc2cc3c(c(C)c21)CCN(C(=O)OC(C)(C)C)CC3. The van der Waals surface area contributed by atoms with Gasteiger partial charge in [0.2, 0.25) is 5.91 Å². The summed E-state index contributed by atoms with van der Waals surface area (Å²) in [6.07, 6.45) is 3.77. The molecule has 0 aliphatic carbocycles. The molecule has 0 aromatic heterocycles. The van der Waals surface area contributed by atoms with Crippen molar-refractivity contribution in [3.05, 3.63) is 28.3 Å². The molecule has 1 aromatic rings. The maximum Gasteiger partial charge on any atom is 0.410 e. The van der Waals surface area contributed by atoms with Gasteiger partial charge in [-0.2, -0.15) is 0 Å². The molecule has 2 heterocycles. The summed E-state index contributed by atoms with van der Waals surface area (Å²) in [5.41, 5.74) is 5.77. The lowest BCUT2D eigenvalue weighted by Crippen LogP contribution is -2.38. The average molecular weight is 373 g/mol. The van der Waals surface area contributed by atoms with Crippen molar-refractivity contribution in [2.24, 2.45) is 0 Å². The minimum atomic E-state index is -0.480. The lowest BCUT2D eigenvalue weighted by atomic mass is 9.88. The van der Waals surface area contributed by atoms with Crippen LogP contribution >= 0.6 is 0 Å². The first kappa shape index (κ1) is 19.7. The van der Waals surface area contributed by atoms with E-state index in [2.05, 4.69) is 19.9 Å². The molecule has 2 amide bonds. The number of aryl methyl sites for hydroxylation is 1. The molecule has 0 radical (unpaired) electrons. The number of hydrogen-bond donors (Lipinski definition) is 0. The fourth-order valence-electron chi connectivity index (χ4n) is 4.21. The van der Waals surface area contributed by atoms with Crippen molar-refractivity contribution in [1.82, 2.24) is 4.90 Å². The minimum Gasteiger partial charge on any atom is -0.444 e. The molecule has 2 aliphatic heterocycles. The summed E-state index contributed by atoms with van der Waals surface area (Å²) in [6, 6.07) is 2.28. The fraction of sp³-hybridized carbons (Fsp3) is 0.636. The topological polar surface area (TPSA) is 49.9 Å². The van der Waals surface area contributed by atoms with Crippen LogP contribution in [0.3, 0.4) is 0 Å². The van der Waals surface area contributed by atoms with Crippen LogP contribution in [-0.4, -0.2) is 42.1 Å². The lowest BCUT2D eigenvalue weighted by Gasteiger charge is -2.32. The van der Waals surface area contributed by atoms with Crippen LogP contribution < -0.4 is 4.90 Å². The highest BCUT2D eigenvalue weighted by Gasteiger charge is 2.30. The van der Waals surface area contributed by atoms with E-state index in [0.29, 0.717) is 19.5 Å². The molecule has 0 fully saturated rings. The van der Waals surface area contributed by atoms with Crippen LogP contribution in [0.4, 0.5) is 10.5 Å². The van der Waals surface area contributed by atoms with Crippen molar-refractivity contribution in [2.75, 3.05) is 24.5 Å². The lowest BCUT2D eigenvalue weighted by molar-refractivity contribution is -0.118. The van der Waals surface area contributed by atoms with Crippen molar-refractivity contribution in [3.63, 3.8) is 0 Å². The van der Waals surface area contributed by atoms with Gasteiger partial charge < -0.3 is 14.5 Å². The standard InChI is InChI=1S/C22H32N2O3/c1-6-11-24-19(25)8-7-17-14-16-9-12-23(21(26)27-22(3,4)5)13-10-18(16)15(2)20(17)24/h14H,6-13H2,1-5H3. The van der Waals surface area contributed by atoms with Crippen LogP contribution in [0, 0.1) is 6.92 Å². The number of benzene rings is 1. The summed E-state index contributed by atoms with van der Waals surface area (Å²) in [6.45, 7) is 12.1. The van der Waals surface area contributed by atoms with E-state index in [-0.39, 0.29) is 12.0 Å². The molecule has 0 unspecified atom stereocenters. The normalized spacial score (nSPS) is 17.3. The third-order valence-corrected chi connectivity index (χ3v) is 5.41. The van der Waals surface area contributed by atoms with E-state index < -0.39 is 5.60 Å². The molecule has 3 rings (SSSR count). The number of carbonyl (C=O) groups excluding carboxylic acids is 2. The minimum absolute atomic E-state index is 0.233. The van der Waals surface area contributed by atoms with Gasteiger partial charge in [0.05, 0.1) is 5.69 Å². The van der Waals surface area contributed by atoms with Crippen molar-refractivity contribution in [2.45, 2.75) is 72.3 Å². The molecule has 0 spiro atoms. The molecule has 1 aromatic carbocycles. The number of anilines is 1. The Morgan fingerprint density at radius 3 is 2.48 bits per heavy atom. The van der Waals surface area contributed by atoms with Crippen molar-refractivity contribution < 1.29 is 14.3 Å². The Labute approximate surface area is 162 Å². The summed E-state index contributed by atoms with van der Waals surface area (Å²) >= 11 is 0. The zero-order valence-electron chi connectivity index (χ0n) is 17.4. The molecule has 2 aliphatic rings. The molecule has 5 heteroatoms. The Balaban J connectivity index is 1.88. The van der Waals surface area contributed by atoms with Gasteiger partial charge in [-0.1, -0.05) is 13.0 Å². The molecule has 5 nitrogen and oxygen atoms in total. The maximum absolute atomic E-state index is 12.5. The number of rotatable bonds is 2. The zero-order chi connectivity index (χ0) is 19.8. The largest absolute Gasteiger partial charge is 0.444 e. The van der Waals surface area contributed by atoms with Gasteiger partial charge in [0, 0.05) is 26.1 Å². The Morgan fingerprint density at radius 2 is 1.81 bits per heavy atom. The summed E-state index contributed by atoms with van der Waals surface area (Å²) in [7, 11) is 0. The van der Waals surface area contributed by atoms with Crippen LogP contribution in [0.25, 0.3) is 0 Å². The molecule has 27 heavy (non-hydrogen) atoms. The predicted molar refractivity (Wildman–Crippen MR) is 107 cm³/mol. The fourth-order valence-corrected chi connectivity index (χ4v) is 4.21. The number of nitrogens with zero attached hydrogens (tertiary/aromatic N) is 2. The van der Waals surface area contributed by atoms with Crippen LogP contribution in [-0.2, 0) is 28.8 Å². The summed E-state index contributed by atoms with van der Waals surface area (Å²) in [5, 5.41) is 0. The second kappa shape index (κ2) is 7.53. The highest BCUT2D eigenvalue weighted by molar-refractivity contribution is 5.97. The average Bonchev–Trinajstić information content (AvgIpc) is 2.79. The third kappa shape index (κ3) is 4.12. The van der Waals surface area contributed by atoms with E-state index in [1.807, 2.05) is 30.6 Å². The van der Waals surface area contributed by atoms with Gasteiger partial charge in [-0.25, -0.2) is 4.79 Å². The number of hydrogen-bond acceptors (Lipinski definition) is 3. The van der Waals surface area contributed by atoms with Crippen LogP contribution in [0.1, 0.15) is 62.8 Å². The number of amides is 2. The number of fused-ring (bicyclic) bond motifs is 2.